The number of carbonyl (C=O) groups is 2. The second-order valence-electron chi connectivity index (χ2n) is 3.70. The fourth-order valence-corrected chi connectivity index (χ4v) is 1.95. The number of hydrogen-bond donors (Lipinski definition) is 2. The fourth-order valence-electron chi connectivity index (χ4n) is 1.33. The van der Waals surface area contributed by atoms with Crippen LogP contribution in [-0.4, -0.2) is 21.6 Å². The highest BCUT2D eigenvalue weighted by atomic mass is 32.1. The molecule has 0 atom stereocenters. The largest absolute Gasteiger partial charge is 0.279 e. The molecule has 0 fully saturated rings. The zero-order chi connectivity index (χ0) is 13.7. The van der Waals surface area contributed by atoms with E-state index < -0.39 is 5.91 Å². The van der Waals surface area contributed by atoms with Gasteiger partial charge in [-0.3, -0.25) is 25.1 Å². The van der Waals surface area contributed by atoms with E-state index in [0.29, 0.717) is 4.88 Å². The Bertz CT molecular complexity index is 601. The third kappa shape index (κ3) is 3.78. The molecule has 0 saturated carbocycles. The molecule has 0 unspecified atom stereocenters. The number of aromatic nitrogens is 2. The van der Waals surface area contributed by atoms with E-state index in [4.69, 9.17) is 0 Å². The normalized spacial score (nSPS) is 10.6. The molecule has 2 aromatic rings. The van der Waals surface area contributed by atoms with Crippen molar-refractivity contribution in [2.24, 2.45) is 7.05 Å². The smallest absolute Gasteiger partial charge is 0.275 e. The number of nitrogens with zero attached hydrogens (tertiary/aromatic N) is 2. The first kappa shape index (κ1) is 13.0. The zero-order valence-corrected chi connectivity index (χ0v) is 11.0. The van der Waals surface area contributed by atoms with E-state index in [2.05, 4.69) is 16.0 Å². The lowest BCUT2D eigenvalue weighted by Gasteiger charge is -2.02. The Hall–Kier alpha value is -2.41. The van der Waals surface area contributed by atoms with Crippen LogP contribution in [0.15, 0.2) is 36.0 Å². The Kier molecular flexibility index (Phi) is 4.09. The molecule has 0 saturated heterocycles. The van der Waals surface area contributed by atoms with Crippen molar-refractivity contribution < 1.29 is 9.59 Å². The minimum Gasteiger partial charge on any atom is -0.275 e. The summed E-state index contributed by atoms with van der Waals surface area (Å²) in [5, 5.41) is 5.76. The molecule has 2 aromatic heterocycles. The van der Waals surface area contributed by atoms with Crippen LogP contribution >= 0.6 is 11.3 Å². The Morgan fingerprint density at radius 1 is 1.42 bits per heavy atom. The maximum Gasteiger partial charge on any atom is 0.279 e. The van der Waals surface area contributed by atoms with E-state index in [-0.39, 0.29) is 5.91 Å². The van der Waals surface area contributed by atoms with Crippen LogP contribution in [0.3, 0.4) is 0 Å². The van der Waals surface area contributed by atoms with E-state index in [9.17, 15) is 9.59 Å². The van der Waals surface area contributed by atoms with Gasteiger partial charge in [0.05, 0.1) is 11.1 Å². The van der Waals surface area contributed by atoms with Crippen LogP contribution in [0.4, 0.5) is 0 Å². The molecule has 2 N–H and O–H groups in total. The van der Waals surface area contributed by atoms with Crippen LogP contribution in [0.5, 0.6) is 0 Å². The molecular weight excluding hydrogens is 264 g/mol. The first-order chi connectivity index (χ1) is 9.15. The van der Waals surface area contributed by atoms with Crippen LogP contribution in [0, 0.1) is 0 Å². The first-order valence-corrected chi connectivity index (χ1v) is 6.33. The highest BCUT2D eigenvalue weighted by Gasteiger charge is 2.06. The van der Waals surface area contributed by atoms with Crippen molar-refractivity contribution in [3.8, 4) is 0 Å². The molecular formula is C12H12N4O2S. The van der Waals surface area contributed by atoms with Gasteiger partial charge in [0.15, 0.2) is 0 Å². The zero-order valence-electron chi connectivity index (χ0n) is 10.2. The Labute approximate surface area is 113 Å². The van der Waals surface area contributed by atoms with Crippen molar-refractivity contribution in [3.05, 3.63) is 46.4 Å². The van der Waals surface area contributed by atoms with Crippen LogP contribution in [-0.2, 0) is 11.8 Å². The van der Waals surface area contributed by atoms with E-state index in [0.717, 1.165) is 5.56 Å². The molecule has 98 valence electrons. The summed E-state index contributed by atoms with van der Waals surface area (Å²) in [4.78, 5) is 23.5. The van der Waals surface area contributed by atoms with Crippen LogP contribution in [0.1, 0.15) is 15.2 Å². The topological polar surface area (TPSA) is 76.0 Å². The molecule has 0 aliphatic heterocycles. The molecule has 0 aliphatic carbocycles. The maximum absolute atomic E-state index is 11.5. The SMILES string of the molecule is Cn1cc(/C=C/C(=O)NNC(=O)c2cccs2)cn1. The van der Waals surface area contributed by atoms with Gasteiger partial charge in [-0.05, 0) is 17.5 Å². The summed E-state index contributed by atoms with van der Waals surface area (Å²) < 4.78 is 1.64. The highest BCUT2D eigenvalue weighted by molar-refractivity contribution is 7.12. The molecule has 0 aliphatic rings. The number of rotatable bonds is 3. The lowest BCUT2D eigenvalue weighted by atomic mass is 10.3. The second-order valence-corrected chi connectivity index (χ2v) is 4.65. The number of hydrogen-bond acceptors (Lipinski definition) is 4. The number of aryl methyl sites for hydroxylation is 1. The average Bonchev–Trinajstić information content (AvgIpc) is 3.04. The molecule has 19 heavy (non-hydrogen) atoms. The molecule has 6 nitrogen and oxygen atoms in total. The molecule has 0 aromatic carbocycles. The Morgan fingerprint density at radius 2 is 2.26 bits per heavy atom. The van der Waals surface area contributed by atoms with Gasteiger partial charge < -0.3 is 0 Å². The summed E-state index contributed by atoms with van der Waals surface area (Å²) in [6.45, 7) is 0. The highest BCUT2D eigenvalue weighted by Crippen LogP contribution is 2.07. The molecule has 2 rings (SSSR count). The van der Waals surface area contributed by atoms with E-state index >= 15 is 0 Å². The summed E-state index contributed by atoms with van der Waals surface area (Å²) in [6.07, 6.45) is 6.34. The third-order valence-electron chi connectivity index (χ3n) is 2.20. The predicted octanol–water partition coefficient (Wildman–Crippen LogP) is 0.956. The van der Waals surface area contributed by atoms with Gasteiger partial charge in [-0.1, -0.05) is 6.07 Å². The first-order valence-electron chi connectivity index (χ1n) is 5.46. The number of hydrazine groups is 1. The average molecular weight is 276 g/mol. The minimum atomic E-state index is -0.409. The van der Waals surface area contributed by atoms with Crippen LogP contribution < -0.4 is 10.9 Å². The summed E-state index contributed by atoms with van der Waals surface area (Å²) in [5.74, 6) is -0.744. The van der Waals surface area contributed by atoms with Gasteiger partial charge in [0.25, 0.3) is 11.8 Å². The second kappa shape index (κ2) is 5.96. The van der Waals surface area contributed by atoms with Gasteiger partial charge in [0.1, 0.15) is 0 Å². The van der Waals surface area contributed by atoms with Gasteiger partial charge in [0.2, 0.25) is 0 Å². The Balaban J connectivity index is 1.82. The van der Waals surface area contributed by atoms with Crippen LogP contribution in [0.2, 0.25) is 0 Å². The number of amides is 2. The van der Waals surface area contributed by atoms with Crippen molar-refractivity contribution in [1.82, 2.24) is 20.6 Å². The number of nitrogens with one attached hydrogen (secondary N) is 2. The van der Waals surface area contributed by atoms with Gasteiger partial charge in [-0.25, -0.2) is 0 Å². The third-order valence-corrected chi connectivity index (χ3v) is 3.06. The van der Waals surface area contributed by atoms with Crippen molar-refractivity contribution in [3.63, 3.8) is 0 Å². The van der Waals surface area contributed by atoms with Crippen molar-refractivity contribution in [1.29, 1.82) is 0 Å². The maximum atomic E-state index is 11.5. The monoisotopic (exact) mass is 276 g/mol. The van der Waals surface area contributed by atoms with Gasteiger partial charge in [-0.15, -0.1) is 11.3 Å². The molecule has 0 spiro atoms. The summed E-state index contributed by atoms with van der Waals surface area (Å²) >= 11 is 1.30. The lowest BCUT2D eigenvalue weighted by Crippen LogP contribution is -2.40. The summed E-state index contributed by atoms with van der Waals surface area (Å²) in [6, 6.07) is 3.45. The van der Waals surface area contributed by atoms with Crippen LogP contribution in [0.25, 0.3) is 6.08 Å². The quantitative estimate of drug-likeness (QED) is 0.647. The van der Waals surface area contributed by atoms with Gasteiger partial charge in [-0.2, -0.15) is 5.10 Å². The van der Waals surface area contributed by atoms with Gasteiger partial charge in [0, 0.05) is 24.9 Å². The van der Waals surface area contributed by atoms with E-state index in [1.54, 1.807) is 47.7 Å². The molecule has 0 bridgehead atoms. The lowest BCUT2D eigenvalue weighted by molar-refractivity contribution is -0.117. The molecule has 2 heterocycles. The predicted molar refractivity (Wildman–Crippen MR) is 72.2 cm³/mol. The Morgan fingerprint density at radius 3 is 2.89 bits per heavy atom. The number of carbonyl (C=O) groups excluding carboxylic acids is 2. The van der Waals surface area contributed by atoms with E-state index in [1.165, 1.54) is 17.4 Å². The minimum absolute atomic E-state index is 0.335. The van der Waals surface area contributed by atoms with Crippen molar-refractivity contribution >= 4 is 29.2 Å². The molecule has 2 amide bonds. The molecule has 7 heteroatoms. The molecule has 0 radical (unpaired) electrons. The summed E-state index contributed by atoms with van der Waals surface area (Å²) in [5.41, 5.74) is 5.44. The van der Waals surface area contributed by atoms with Crippen molar-refractivity contribution in [2.45, 2.75) is 0 Å². The fraction of sp³-hybridized carbons (Fsp3) is 0.0833. The van der Waals surface area contributed by atoms with Crippen molar-refractivity contribution in [2.75, 3.05) is 0 Å². The van der Waals surface area contributed by atoms with E-state index in [1.807, 2.05) is 0 Å². The standard InChI is InChI=1S/C12H12N4O2S/c1-16-8-9(7-13-16)4-5-11(17)14-15-12(18)10-3-2-6-19-10/h2-8H,1H3,(H,14,17)(H,15,18)/b5-4+. The van der Waals surface area contributed by atoms with Gasteiger partial charge >= 0.3 is 0 Å². The summed E-state index contributed by atoms with van der Waals surface area (Å²) in [7, 11) is 1.79. The number of thiophene rings is 1.